The quantitative estimate of drug-likeness (QED) is 0.797. The Kier molecular flexibility index (Phi) is 3.28. The lowest BCUT2D eigenvalue weighted by Crippen LogP contribution is -2.01. The first kappa shape index (κ1) is 13.1. The van der Waals surface area contributed by atoms with Crippen LogP contribution in [0.2, 0.25) is 0 Å². The summed E-state index contributed by atoms with van der Waals surface area (Å²) >= 11 is 0. The molecule has 1 aromatic heterocycles. The summed E-state index contributed by atoms with van der Waals surface area (Å²) in [6.07, 6.45) is 1.71. The van der Waals surface area contributed by atoms with Gasteiger partial charge < -0.3 is 5.11 Å². The van der Waals surface area contributed by atoms with Crippen LogP contribution in [0.3, 0.4) is 0 Å². The number of para-hydroxylation sites is 1. The van der Waals surface area contributed by atoms with Crippen molar-refractivity contribution < 1.29 is 9.90 Å². The molecule has 0 amide bonds. The molecule has 3 aromatic rings. The number of carboxylic acids is 1. The molecule has 4 heteroatoms. The van der Waals surface area contributed by atoms with Crippen molar-refractivity contribution in [1.82, 2.24) is 9.78 Å². The Morgan fingerprint density at radius 2 is 1.86 bits per heavy atom. The van der Waals surface area contributed by atoms with Crippen LogP contribution in [0.1, 0.15) is 15.9 Å². The van der Waals surface area contributed by atoms with E-state index < -0.39 is 5.97 Å². The number of rotatable bonds is 3. The van der Waals surface area contributed by atoms with E-state index in [2.05, 4.69) is 5.10 Å². The fourth-order valence-electron chi connectivity index (χ4n) is 2.35. The van der Waals surface area contributed by atoms with Gasteiger partial charge in [-0.2, -0.15) is 5.10 Å². The maximum absolute atomic E-state index is 11.2. The van der Waals surface area contributed by atoms with E-state index in [4.69, 9.17) is 0 Å². The van der Waals surface area contributed by atoms with Crippen molar-refractivity contribution in [3.63, 3.8) is 0 Å². The molecule has 3 rings (SSSR count). The Labute approximate surface area is 122 Å². The van der Waals surface area contributed by atoms with Gasteiger partial charge in [0.25, 0.3) is 0 Å². The fourth-order valence-corrected chi connectivity index (χ4v) is 2.35. The van der Waals surface area contributed by atoms with Crippen molar-refractivity contribution >= 4 is 5.97 Å². The van der Waals surface area contributed by atoms with E-state index in [1.807, 2.05) is 49.4 Å². The van der Waals surface area contributed by atoms with Gasteiger partial charge in [0.1, 0.15) is 0 Å². The lowest BCUT2D eigenvalue weighted by Gasteiger charge is -2.09. The molecule has 0 spiro atoms. The first-order chi connectivity index (χ1) is 10.1. The molecule has 0 aliphatic rings. The lowest BCUT2D eigenvalue weighted by atomic mass is 10.0. The van der Waals surface area contributed by atoms with Crippen molar-refractivity contribution in [3.8, 4) is 16.9 Å². The van der Waals surface area contributed by atoms with E-state index in [9.17, 15) is 9.90 Å². The first-order valence-corrected chi connectivity index (χ1v) is 6.60. The van der Waals surface area contributed by atoms with Gasteiger partial charge in [0.15, 0.2) is 0 Å². The summed E-state index contributed by atoms with van der Waals surface area (Å²) in [5.41, 5.74) is 3.84. The minimum absolute atomic E-state index is 0.283. The number of hydrogen-bond donors (Lipinski definition) is 1. The molecule has 4 nitrogen and oxygen atoms in total. The highest BCUT2D eigenvalue weighted by Gasteiger charge is 2.11. The predicted molar refractivity (Wildman–Crippen MR) is 80.7 cm³/mol. The zero-order chi connectivity index (χ0) is 14.8. The number of aryl methyl sites for hydroxylation is 1. The van der Waals surface area contributed by atoms with Crippen LogP contribution in [-0.2, 0) is 0 Å². The highest BCUT2D eigenvalue weighted by atomic mass is 16.4. The van der Waals surface area contributed by atoms with E-state index in [0.29, 0.717) is 0 Å². The molecule has 1 N–H and O–H groups in total. The summed E-state index contributed by atoms with van der Waals surface area (Å²) < 4.78 is 1.81. The molecule has 0 atom stereocenters. The number of hydrogen-bond acceptors (Lipinski definition) is 2. The fraction of sp³-hybridized carbons (Fsp3) is 0.0588. The standard InChI is InChI=1S/C17H14N2O2/c1-12-9-13(11-14(10-12)17(20)21)16-7-8-18-19(16)15-5-3-2-4-6-15/h2-11H,1H3,(H,20,21). The van der Waals surface area contributed by atoms with E-state index in [1.165, 1.54) is 0 Å². The molecular weight excluding hydrogens is 264 g/mol. The van der Waals surface area contributed by atoms with Gasteiger partial charge in [-0.3, -0.25) is 0 Å². The molecule has 0 saturated carbocycles. The Balaban J connectivity index is 2.15. The molecule has 21 heavy (non-hydrogen) atoms. The van der Waals surface area contributed by atoms with Gasteiger partial charge in [-0.15, -0.1) is 0 Å². The highest BCUT2D eigenvalue weighted by molar-refractivity contribution is 5.89. The normalized spacial score (nSPS) is 10.5. The van der Waals surface area contributed by atoms with Crippen LogP contribution < -0.4 is 0 Å². The summed E-state index contributed by atoms with van der Waals surface area (Å²) in [4.78, 5) is 11.2. The SMILES string of the molecule is Cc1cc(C(=O)O)cc(-c2ccnn2-c2ccccc2)c1. The van der Waals surface area contributed by atoms with Crippen LogP contribution in [-0.4, -0.2) is 20.9 Å². The minimum atomic E-state index is -0.925. The average Bonchev–Trinajstić information content (AvgIpc) is 2.97. The van der Waals surface area contributed by atoms with Crippen molar-refractivity contribution in [2.24, 2.45) is 0 Å². The van der Waals surface area contributed by atoms with Crippen LogP contribution in [0.15, 0.2) is 60.8 Å². The molecule has 2 aromatic carbocycles. The van der Waals surface area contributed by atoms with Gasteiger partial charge in [0.2, 0.25) is 0 Å². The molecule has 0 fully saturated rings. The largest absolute Gasteiger partial charge is 0.478 e. The first-order valence-electron chi connectivity index (χ1n) is 6.60. The second-order valence-electron chi connectivity index (χ2n) is 4.86. The third kappa shape index (κ3) is 2.56. The van der Waals surface area contributed by atoms with E-state index >= 15 is 0 Å². The van der Waals surface area contributed by atoms with Crippen LogP contribution in [0.25, 0.3) is 16.9 Å². The van der Waals surface area contributed by atoms with E-state index in [1.54, 1.807) is 23.0 Å². The number of aromatic nitrogens is 2. The average molecular weight is 278 g/mol. The molecular formula is C17H14N2O2. The second kappa shape index (κ2) is 5.25. The van der Waals surface area contributed by atoms with Crippen LogP contribution in [0.4, 0.5) is 0 Å². The third-order valence-corrected chi connectivity index (χ3v) is 3.26. The van der Waals surface area contributed by atoms with Crippen molar-refractivity contribution in [2.45, 2.75) is 6.92 Å². The second-order valence-corrected chi connectivity index (χ2v) is 4.86. The van der Waals surface area contributed by atoms with Gasteiger partial charge in [-0.25, -0.2) is 9.48 Å². The van der Waals surface area contributed by atoms with Gasteiger partial charge in [-0.05, 0) is 48.9 Å². The van der Waals surface area contributed by atoms with E-state index in [-0.39, 0.29) is 5.56 Å². The van der Waals surface area contributed by atoms with Crippen LogP contribution >= 0.6 is 0 Å². The minimum Gasteiger partial charge on any atom is -0.478 e. The highest BCUT2D eigenvalue weighted by Crippen LogP contribution is 2.24. The molecule has 104 valence electrons. The van der Waals surface area contributed by atoms with Crippen molar-refractivity contribution in [1.29, 1.82) is 0 Å². The number of nitrogens with zero attached hydrogens (tertiary/aromatic N) is 2. The molecule has 0 aliphatic heterocycles. The Morgan fingerprint density at radius 1 is 1.10 bits per heavy atom. The monoisotopic (exact) mass is 278 g/mol. The van der Waals surface area contributed by atoms with Gasteiger partial charge in [-0.1, -0.05) is 18.2 Å². The maximum atomic E-state index is 11.2. The maximum Gasteiger partial charge on any atom is 0.335 e. The summed E-state index contributed by atoms with van der Waals surface area (Å²) in [5, 5.41) is 13.5. The summed E-state index contributed by atoms with van der Waals surface area (Å²) in [7, 11) is 0. The van der Waals surface area contributed by atoms with E-state index in [0.717, 1.165) is 22.5 Å². The van der Waals surface area contributed by atoms with Crippen molar-refractivity contribution in [2.75, 3.05) is 0 Å². The molecule has 0 radical (unpaired) electrons. The Morgan fingerprint density at radius 3 is 2.57 bits per heavy atom. The smallest absolute Gasteiger partial charge is 0.335 e. The summed E-state index contributed by atoms with van der Waals surface area (Å²) in [6.45, 7) is 1.89. The number of aromatic carboxylic acids is 1. The van der Waals surface area contributed by atoms with Crippen LogP contribution in [0, 0.1) is 6.92 Å². The molecule has 0 aliphatic carbocycles. The number of carbonyl (C=O) groups is 1. The molecule has 1 heterocycles. The van der Waals surface area contributed by atoms with Gasteiger partial charge in [0, 0.05) is 5.56 Å². The lowest BCUT2D eigenvalue weighted by molar-refractivity contribution is 0.0697. The predicted octanol–water partition coefficient (Wildman–Crippen LogP) is 3.55. The Bertz CT molecular complexity index is 792. The number of benzene rings is 2. The Hall–Kier alpha value is -2.88. The summed E-state index contributed by atoms with van der Waals surface area (Å²) in [5.74, 6) is -0.925. The zero-order valence-electron chi connectivity index (χ0n) is 11.5. The zero-order valence-corrected chi connectivity index (χ0v) is 11.5. The molecule has 0 saturated heterocycles. The van der Waals surface area contributed by atoms with Gasteiger partial charge >= 0.3 is 5.97 Å². The molecule has 0 unspecified atom stereocenters. The molecule has 0 bridgehead atoms. The number of carboxylic acid groups (broad SMARTS) is 1. The van der Waals surface area contributed by atoms with Gasteiger partial charge in [0.05, 0.1) is 23.1 Å². The third-order valence-electron chi connectivity index (χ3n) is 3.26. The topological polar surface area (TPSA) is 55.1 Å². The van der Waals surface area contributed by atoms with Crippen molar-refractivity contribution in [3.05, 3.63) is 71.9 Å². The van der Waals surface area contributed by atoms with Crippen LogP contribution in [0.5, 0.6) is 0 Å². The summed E-state index contributed by atoms with van der Waals surface area (Å²) in [6, 6.07) is 16.9.